The van der Waals surface area contributed by atoms with Crippen LogP contribution in [0, 0.1) is 6.92 Å². The Balaban J connectivity index is 1.52. The monoisotopic (exact) mass is 409 g/mol. The van der Waals surface area contributed by atoms with Crippen molar-refractivity contribution in [2.45, 2.75) is 38.7 Å². The number of pyridine rings is 1. The summed E-state index contributed by atoms with van der Waals surface area (Å²) in [6.45, 7) is 3.18. The van der Waals surface area contributed by atoms with Crippen LogP contribution in [0.25, 0.3) is 11.3 Å². The summed E-state index contributed by atoms with van der Waals surface area (Å²) >= 11 is 1.61. The van der Waals surface area contributed by atoms with Crippen molar-refractivity contribution in [1.82, 2.24) is 19.7 Å². The number of carbonyl (C=O) groups is 1. The molecule has 0 spiro atoms. The van der Waals surface area contributed by atoms with E-state index in [2.05, 4.69) is 10.1 Å². The van der Waals surface area contributed by atoms with Gasteiger partial charge in [0, 0.05) is 41.7 Å². The summed E-state index contributed by atoms with van der Waals surface area (Å²) in [6.07, 6.45) is 7.45. The zero-order chi connectivity index (χ0) is 20.0. The predicted octanol–water partition coefficient (Wildman–Crippen LogP) is 3.17. The summed E-state index contributed by atoms with van der Waals surface area (Å²) < 4.78 is 7.75. The number of hydrogen-bond donors (Lipinski definition) is 0. The Morgan fingerprint density at radius 1 is 1.34 bits per heavy atom. The standard InChI is InChI=1S/C21H23N5O2S/c1-13-5-6-14(10-22-13)20(27)26(12-15-4-3-9-28-15)21-24-19-16-11-23-25(2)17(16)7-8-18(19)29-21/h5-6,10-11,15H,3-4,7-9,12H2,1-2H3/t15-/m0/s1. The SMILES string of the molecule is Cc1ccc(C(=O)N(C[C@@H]2CCCO2)c2nc3c(s2)CCc2c-3cnn2C)cn1. The molecule has 1 fully saturated rings. The Labute approximate surface area is 173 Å². The van der Waals surface area contributed by atoms with Crippen molar-refractivity contribution >= 4 is 22.4 Å². The highest BCUT2D eigenvalue weighted by Crippen LogP contribution is 2.39. The highest BCUT2D eigenvalue weighted by molar-refractivity contribution is 7.16. The van der Waals surface area contributed by atoms with Crippen molar-refractivity contribution in [3.05, 3.63) is 46.4 Å². The first-order chi connectivity index (χ1) is 14.1. The van der Waals surface area contributed by atoms with E-state index in [9.17, 15) is 4.79 Å². The molecule has 1 saturated heterocycles. The number of rotatable bonds is 4. The zero-order valence-electron chi connectivity index (χ0n) is 16.6. The summed E-state index contributed by atoms with van der Waals surface area (Å²) in [5.41, 5.74) is 4.71. The van der Waals surface area contributed by atoms with Crippen LogP contribution in [0.15, 0.2) is 24.5 Å². The van der Waals surface area contributed by atoms with Gasteiger partial charge in [-0.25, -0.2) is 4.98 Å². The Bertz CT molecular complexity index is 1050. The number of aryl methyl sites for hydroxylation is 3. The van der Waals surface area contributed by atoms with E-state index >= 15 is 0 Å². The lowest BCUT2D eigenvalue weighted by Gasteiger charge is -2.23. The third-order valence-corrected chi connectivity index (χ3v) is 6.77. The van der Waals surface area contributed by atoms with Gasteiger partial charge in [0.2, 0.25) is 0 Å². The van der Waals surface area contributed by atoms with Crippen LogP contribution in [0.2, 0.25) is 0 Å². The van der Waals surface area contributed by atoms with Gasteiger partial charge in [0.25, 0.3) is 5.91 Å². The zero-order valence-corrected chi connectivity index (χ0v) is 17.4. The Hall–Kier alpha value is -2.58. The first-order valence-corrected chi connectivity index (χ1v) is 10.8. The highest BCUT2D eigenvalue weighted by atomic mass is 32.1. The molecule has 1 aliphatic carbocycles. The second-order valence-corrected chi connectivity index (χ2v) is 8.70. The number of anilines is 1. The van der Waals surface area contributed by atoms with Crippen molar-refractivity contribution in [2.24, 2.45) is 7.05 Å². The molecule has 5 rings (SSSR count). The van der Waals surface area contributed by atoms with Crippen LogP contribution in [-0.4, -0.2) is 44.9 Å². The first-order valence-electron chi connectivity index (χ1n) is 9.97. The minimum atomic E-state index is -0.0782. The number of thiazole rings is 1. The van der Waals surface area contributed by atoms with Gasteiger partial charge in [0.15, 0.2) is 5.13 Å². The van der Waals surface area contributed by atoms with Crippen LogP contribution < -0.4 is 4.90 Å². The third-order valence-electron chi connectivity index (χ3n) is 5.64. The molecular formula is C21H23N5O2S. The molecule has 4 heterocycles. The average Bonchev–Trinajstić information content (AvgIpc) is 3.46. The van der Waals surface area contributed by atoms with Crippen molar-refractivity contribution in [3.8, 4) is 11.3 Å². The third kappa shape index (κ3) is 3.36. The van der Waals surface area contributed by atoms with Crippen LogP contribution in [0.3, 0.4) is 0 Å². The number of nitrogens with zero attached hydrogens (tertiary/aromatic N) is 5. The Morgan fingerprint density at radius 2 is 2.24 bits per heavy atom. The fraction of sp³-hybridized carbons (Fsp3) is 0.429. The summed E-state index contributed by atoms with van der Waals surface area (Å²) in [5.74, 6) is -0.0782. The fourth-order valence-corrected chi connectivity index (χ4v) is 5.10. The van der Waals surface area contributed by atoms with E-state index in [4.69, 9.17) is 9.72 Å². The molecule has 1 atom stereocenters. The minimum Gasteiger partial charge on any atom is -0.376 e. The molecule has 2 aliphatic rings. The second-order valence-electron chi connectivity index (χ2n) is 7.64. The van der Waals surface area contributed by atoms with Gasteiger partial charge in [-0.2, -0.15) is 5.10 Å². The van der Waals surface area contributed by atoms with Gasteiger partial charge < -0.3 is 4.74 Å². The molecule has 0 unspecified atom stereocenters. The molecule has 0 N–H and O–H groups in total. The molecule has 0 aromatic carbocycles. The molecule has 3 aromatic rings. The summed E-state index contributed by atoms with van der Waals surface area (Å²) in [7, 11) is 1.97. The van der Waals surface area contributed by atoms with Crippen LogP contribution in [0.5, 0.6) is 0 Å². The van der Waals surface area contributed by atoms with Gasteiger partial charge in [-0.1, -0.05) is 0 Å². The molecule has 0 saturated carbocycles. The number of ether oxygens (including phenoxy) is 1. The van der Waals surface area contributed by atoms with E-state index < -0.39 is 0 Å². The molecule has 1 amide bonds. The van der Waals surface area contributed by atoms with Gasteiger partial charge in [-0.3, -0.25) is 19.4 Å². The van der Waals surface area contributed by atoms with Crippen molar-refractivity contribution in [2.75, 3.05) is 18.1 Å². The van der Waals surface area contributed by atoms with Gasteiger partial charge in [-0.05, 0) is 44.7 Å². The number of amides is 1. The molecule has 150 valence electrons. The van der Waals surface area contributed by atoms with E-state index in [0.717, 1.165) is 54.4 Å². The van der Waals surface area contributed by atoms with Gasteiger partial charge in [0.1, 0.15) is 0 Å². The Kier molecular flexibility index (Phi) is 4.67. The summed E-state index contributed by atoms with van der Waals surface area (Å²) in [6, 6.07) is 3.70. The lowest BCUT2D eigenvalue weighted by Crippen LogP contribution is -2.37. The van der Waals surface area contributed by atoms with Gasteiger partial charge >= 0.3 is 0 Å². The molecule has 3 aromatic heterocycles. The molecule has 0 radical (unpaired) electrons. The second kappa shape index (κ2) is 7.35. The number of carbonyl (C=O) groups excluding carboxylic acids is 1. The maximum absolute atomic E-state index is 13.4. The highest BCUT2D eigenvalue weighted by Gasteiger charge is 2.30. The molecular weight excluding hydrogens is 386 g/mol. The lowest BCUT2D eigenvalue weighted by atomic mass is 10.0. The largest absolute Gasteiger partial charge is 0.376 e. The lowest BCUT2D eigenvalue weighted by molar-refractivity contribution is 0.0917. The molecule has 7 nitrogen and oxygen atoms in total. The quantitative estimate of drug-likeness (QED) is 0.662. The maximum Gasteiger partial charge on any atom is 0.261 e. The van der Waals surface area contributed by atoms with Crippen LogP contribution in [-0.2, 0) is 24.6 Å². The maximum atomic E-state index is 13.4. The van der Waals surface area contributed by atoms with E-state index in [1.54, 1.807) is 22.4 Å². The van der Waals surface area contributed by atoms with E-state index in [1.807, 2.05) is 37.0 Å². The van der Waals surface area contributed by atoms with E-state index in [-0.39, 0.29) is 12.0 Å². The van der Waals surface area contributed by atoms with Crippen LogP contribution in [0.1, 0.15) is 39.5 Å². The normalized spacial score (nSPS) is 17.8. The topological polar surface area (TPSA) is 73.1 Å². The predicted molar refractivity (Wildman–Crippen MR) is 111 cm³/mol. The van der Waals surface area contributed by atoms with E-state index in [0.29, 0.717) is 12.1 Å². The minimum absolute atomic E-state index is 0.0484. The average molecular weight is 410 g/mol. The number of fused-ring (bicyclic) bond motifs is 3. The molecule has 0 bridgehead atoms. The van der Waals surface area contributed by atoms with Crippen molar-refractivity contribution in [1.29, 1.82) is 0 Å². The fourth-order valence-electron chi connectivity index (χ4n) is 4.01. The van der Waals surface area contributed by atoms with Crippen molar-refractivity contribution < 1.29 is 9.53 Å². The molecule has 1 aliphatic heterocycles. The Morgan fingerprint density at radius 3 is 3.00 bits per heavy atom. The number of aromatic nitrogens is 4. The summed E-state index contributed by atoms with van der Waals surface area (Å²) in [5, 5.41) is 5.13. The van der Waals surface area contributed by atoms with Crippen molar-refractivity contribution in [3.63, 3.8) is 0 Å². The summed E-state index contributed by atoms with van der Waals surface area (Å²) in [4.78, 5) is 25.6. The smallest absolute Gasteiger partial charge is 0.261 e. The number of hydrogen-bond acceptors (Lipinski definition) is 6. The van der Waals surface area contributed by atoms with E-state index in [1.165, 1.54) is 10.6 Å². The molecule has 29 heavy (non-hydrogen) atoms. The van der Waals surface area contributed by atoms with Crippen LogP contribution >= 0.6 is 11.3 Å². The van der Waals surface area contributed by atoms with Crippen LogP contribution in [0.4, 0.5) is 5.13 Å². The first kappa shape index (κ1) is 18.4. The molecule has 8 heteroatoms. The van der Waals surface area contributed by atoms with Gasteiger partial charge in [-0.15, -0.1) is 11.3 Å². The van der Waals surface area contributed by atoms with Gasteiger partial charge in [0.05, 0.1) is 30.1 Å².